The predicted octanol–water partition coefficient (Wildman–Crippen LogP) is 1.02. The number of nitrogens with one attached hydrogen (secondary N) is 2. The number of fused-ring (bicyclic) bond motifs is 1. The number of carbonyl (C=O) groups is 2. The zero-order chi connectivity index (χ0) is 11.5. The summed E-state index contributed by atoms with van der Waals surface area (Å²) in [6, 6.07) is 5.30. The van der Waals surface area contributed by atoms with Gasteiger partial charge in [-0.05, 0) is 25.1 Å². The van der Waals surface area contributed by atoms with Crippen LogP contribution in [0.5, 0.6) is 5.75 Å². The summed E-state index contributed by atoms with van der Waals surface area (Å²) in [5, 5.41) is 5.63. The fourth-order valence-corrected chi connectivity index (χ4v) is 1.48. The van der Waals surface area contributed by atoms with Gasteiger partial charge in [0.25, 0.3) is 5.91 Å². The van der Waals surface area contributed by atoms with Gasteiger partial charge < -0.3 is 20.2 Å². The van der Waals surface area contributed by atoms with E-state index in [2.05, 4.69) is 10.6 Å². The van der Waals surface area contributed by atoms with Crippen LogP contribution >= 0.6 is 0 Å². The van der Waals surface area contributed by atoms with Gasteiger partial charge in [-0.3, -0.25) is 4.79 Å². The van der Waals surface area contributed by atoms with Crippen LogP contribution in [0, 0.1) is 0 Å². The fourth-order valence-electron chi connectivity index (χ4n) is 1.48. The van der Waals surface area contributed by atoms with E-state index in [1.165, 1.54) is 0 Å². The number of aldehydes is 1. The number of anilines is 2. The van der Waals surface area contributed by atoms with Gasteiger partial charge in [-0.15, -0.1) is 0 Å². The lowest BCUT2D eigenvalue weighted by Gasteiger charge is -2.23. The van der Waals surface area contributed by atoms with Crippen molar-refractivity contribution in [1.29, 1.82) is 0 Å². The van der Waals surface area contributed by atoms with Gasteiger partial charge in [0.15, 0.2) is 6.10 Å². The molecule has 1 amide bonds. The summed E-state index contributed by atoms with van der Waals surface area (Å²) in [5.41, 5.74) is 1.39. The van der Waals surface area contributed by atoms with Crippen molar-refractivity contribution in [1.82, 2.24) is 0 Å². The Kier molecular flexibility index (Phi) is 2.76. The molecule has 5 nitrogen and oxygen atoms in total. The highest BCUT2D eigenvalue weighted by Crippen LogP contribution is 2.31. The van der Waals surface area contributed by atoms with E-state index in [1.807, 2.05) is 0 Å². The molecule has 84 valence electrons. The van der Waals surface area contributed by atoms with E-state index in [1.54, 1.807) is 25.1 Å². The number of benzene rings is 1. The Morgan fingerprint density at radius 2 is 2.38 bits per heavy atom. The quantitative estimate of drug-likeness (QED) is 0.746. The number of hydrogen-bond acceptors (Lipinski definition) is 4. The SMILES string of the molecule is CC1Oc2ccc(NCC=O)cc2NC1=O. The minimum atomic E-state index is -0.471. The second-order valence-electron chi connectivity index (χ2n) is 3.51. The van der Waals surface area contributed by atoms with Crippen LogP contribution in [-0.2, 0) is 9.59 Å². The topological polar surface area (TPSA) is 67.4 Å². The molecule has 1 aromatic carbocycles. The Balaban J connectivity index is 2.22. The zero-order valence-electron chi connectivity index (χ0n) is 8.82. The molecule has 1 aromatic rings. The van der Waals surface area contributed by atoms with E-state index in [9.17, 15) is 9.59 Å². The second kappa shape index (κ2) is 4.22. The van der Waals surface area contributed by atoms with Crippen molar-refractivity contribution >= 4 is 23.6 Å². The smallest absolute Gasteiger partial charge is 0.265 e. The van der Waals surface area contributed by atoms with E-state index in [0.29, 0.717) is 11.4 Å². The third-order valence-electron chi connectivity index (χ3n) is 2.30. The van der Waals surface area contributed by atoms with Gasteiger partial charge in [-0.2, -0.15) is 0 Å². The molecule has 1 aliphatic rings. The molecule has 0 bridgehead atoms. The monoisotopic (exact) mass is 220 g/mol. The maximum atomic E-state index is 11.4. The Hall–Kier alpha value is -2.04. The summed E-state index contributed by atoms with van der Waals surface area (Å²) in [7, 11) is 0. The van der Waals surface area contributed by atoms with Gasteiger partial charge in [0.1, 0.15) is 12.0 Å². The van der Waals surface area contributed by atoms with Crippen LogP contribution in [0.15, 0.2) is 18.2 Å². The Labute approximate surface area is 92.8 Å². The van der Waals surface area contributed by atoms with Gasteiger partial charge in [-0.1, -0.05) is 0 Å². The van der Waals surface area contributed by atoms with Crippen LogP contribution in [0.4, 0.5) is 11.4 Å². The van der Waals surface area contributed by atoms with Crippen molar-refractivity contribution in [2.75, 3.05) is 17.2 Å². The molecule has 1 aliphatic heterocycles. The van der Waals surface area contributed by atoms with Crippen molar-refractivity contribution in [3.8, 4) is 5.75 Å². The molecule has 1 heterocycles. The molecule has 0 saturated carbocycles. The number of ether oxygens (including phenoxy) is 1. The Morgan fingerprint density at radius 3 is 3.12 bits per heavy atom. The minimum Gasteiger partial charge on any atom is -0.479 e. The van der Waals surface area contributed by atoms with Gasteiger partial charge in [0.2, 0.25) is 0 Å². The van der Waals surface area contributed by atoms with Crippen molar-refractivity contribution in [2.45, 2.75) is 13.0 Å². The van der Waals surface area contributed by atoms with Crippen LogP contribution < -0.4 is 15.4 Å². The Bertz CT molecular complexity index is 431. The van der Waals surface area contributed by atoms with Crippen molar-refractivity contribution < 1.29 is 14.3 Å². The molecular weight excluding hydrogens is 208 g/mol. The first-order chi connectivity index (χ1) is 7.70. The molecule has 0 aromatic heterocycles. The van der Waals surface area contributed by atoms with Gasteiger partial charge in [-0.25, -0.2) is 0 Å². The molecule has 16 heavy (non-hydrogen) atoms. The first-order valence-electron chi connectivity index (χ1n) is 5.00. The van der Waals surface area contributed by atoms with Crippen LogP contribution in [0.1, 0.15) is 6.92 Å². The maximum Gasteiger partial charge on any atom is 0.265 e. The summed E-state index contributed by atoms with van der Waals surface area (Å²) in [5.74, 6) is 0.476. The fraction of sp³-hybridized carbons (Fsp3) is 0.273. The summed E-state index contributed by atoms with van der Waals surface area (Å²) in [6.45, 7) is 1.93. The molecule has 5 heteroatoms. The van der Waals surface area contributed by atoms with Gasteiger partial charge in [0, 0.05) is 5.69 Å². The van der Waals surface area contributed by atoms with Crippen molar-refractivity contribution in [3.05, 3.63) is 18.2 Å². The average Bonchev–Trinajstić information content (AvgIpc) is 2.28. The number of carbonyl (C=O) groups excluding carboxylic acids is 2. The number of amides is 1. The maximum absolute atomic E-state index is 11.4. The van der Waals surface area contributed by atoms with Crippen LogP contribution in [-0.4, -0.2) is 24.8 Å². The van der Waals surface area contributed by atoms with E-state index in [-0.39, 0.29) is 12.5 Å². The predicted molar refractivity (Wildman–Crippen MR) is 59.7 cm³/mol. The second-order valence-corrected chi connectivity index (χ2v) is 3.51. The summed E-state index contributed by atoms with van der Waals surface area (Å²) < 4.78 is 5.39. The zero-order valence-corrected chi connectivity index (χ0v) is 8.82. The lowest BCUT2D eigenvalue weighted by molar-refractivity contribution is -0.122. The normalized spacial score (nSPS) is 18.1. The minimum absolute atomic E-state index is 0.167. The molecule has 1 atom stereocenters. The molecule has 1 unspecified atom stereocenters. The standard InChI is InChI=1S/C11H12N2O3/c1-7-11(15)13-9-6-8(12-4-5-14)2-3-10(9)16-7/h2-3,5-7,12H,4H2,1H3,(H,13,15). The lowest BCUT2D eigenvalue weighted by Crippen LogP contribution is -2.34. The Morgan fingerprint density at radius 1 is 1.56 bits per heavy atom. The molecule has 0 spiro atoms. The average molecular weight is 220 g/mol. The molecule has 0 radical (unpaired) electrons. The molecular formula is C11H12N2O3. The van der Waals surface area contributed by atoms with Crippen LogP contribution in [0.2, 0.25) is 0 Å². The van der Waals surface area contributed by atoms with E-state index >= 15 is 0 Å². The largest absolute Gasteiger partial charge is 0.479 e. The van der Waals surface area contributed by atoms with E-state index < -0.39 is 6.10 Å². The molecule has 2 rings (SSSR count). The first-order valence-corrected chi connectivity index (χ1v) is 5.00. The highest BCUT2D eigenvalue weighted by Gasteiger charge is 2.23. The lowest BCUT2D eigenvalue weighted by atomic mass is 10.2. The molecule has 2 N–H and O–H groups in total. The van der Waals surface area contributed by atoms with Gasteiger partial charge in [0.05, 0.1) is 12.2 Å². The third-order valence-corrected chi connectivity index (χ3v) is 2.30. The molecule has 0 fully saturated rings. The van der Waals surface area contributed by atoms with Crippen LogP contribution in [0.25, 0.3) is 0 Å². The summed E-state index contributed by atoms with van der Waals surface area (Å²) >= 11 is 0. The number of hydrogen-bond donors (Lipinski definition) is 2. The van der Waals surface area contributed by atoms with Crippen molar-refractivity contribution in [3.63, 3.8) is 0 Å². The number of rotatable bonds is 3. The third kappa shape index (κ3) is 1.98. The van der Waals surface area contributed by atoms with E-state index in [4.69, 9.17) is 4.74 Å². The van der Waals surface area contributed by atoms with Crippen molar-refractivity contribution in [2.24, 2.45) is 0 Å². The molecule has 0 saturated heterocycles. The van der Waals surface area contributed by atoms with E-state index in [0.717, 1.165) is 12.0 Å². The summed E-state index contributed by atoms with van der Waals surface area (Å²) in [4.78, 5) is 21.6. The molecule has 0 aliphatic carbocycles. The first kappa shape index (κ1) is 10.5. The van der Waals surface area contributed by atoms with Gasteiger partial charge >= 0.3 is 0 Å². The highest BCUT2D eigenvalue weighted by molar-refractivity contribution is 5.98. The summed E-state index contributed by atoms with van der Waals surface area (Å²) in [6.07, 6.45) is 0.303. The highest BCUT2D eigenvalue weighted by atomic mass is 16.5. The van der Waals surface area contributed by atoms with Crippen LogP contribution in [0.3, 0.4) is 0 Å².